The first-order chi connectivity index (χ1) is 17.4. The Morgan fingerprint density at radius 1 is 1.22 bits per heavy atom. The number of hydrogen-bond donors (Lipinski definition) is 1. The van der Waals surface area contributed by atoms with Gasteiger partial charge >= 0.3 is 12.1 Å². The lowest BCUT2D eigenvalue weighted by Gasteiger charge is -2.26. The van der Waals surface area contributed by atoms with Gasteiger partial charge in [-0.1, -0.05) is 25.4 Å². The van der Waals surface area contributed by atoms with Crippen LogP contribution in [0.15, 0.2) is 23.6 Å². The summed E-state index contributed by atoms with van der Waals surface area (Å²) in [6, 6.07) is 4.23. The Balaban J connectivity index is 1.73. The van der Waals surface area contributed by atoms with Crippen molar-refractivity contribution < 1.29 is 28.9 Å². The highest BCUT2D eigenvalue weighted by Gasteiger charge is 2.43. The molecule has 1 aliphatic heterocycles. The minimum atomic E-state index is -1.12. The van der Waals surface area contributed by atoms with Crippen molar-refractivity contribution in [2.45, 2.75) is 64.7 Å². The summed E-state index contributed by atoms with van der Waals surface area (Å²) in [5, 5.41) is 13.4. The number of carboxylic acid groups (broad SMARTS) is 1. The number of carbonyl (C=O) groups excluding carboxylic acids is 1. The summed E-state index contributed by atoms with van der Waals surface area (Å²) in [5.74, 6) is 0.0739. The van der Waals surface area contributed by atoms with Crippen molar-refractivity contribution in [3.8, 4) is 22.2 Å². The molecule has 0 saturated carbocycles. The second-order valence-electron chi connectivity index (χ2n) is 10.2. The molecule has 11 heteroatoms. The van der Waals surface area contributed by atoms with Crippen molar-refractivity contribution >= 4 is 45.9 Å². The van der Waals surface area contributed by atoms with Crippen LogP contribution in [0.25, 0.3) is 21.6 Å². The number of aliphatic carboxylic acids is 1. The van der Waals surface area contributed by atoms with Gasteiger partial charge in [-0.3, -0.25) is 4.90 Å². The maximum atomic E-state index is 12.7. The van der Waals surface area contributed by atoms with Crippen LogP contribution in [0.1, 0.15) is 52.7 Å². The highest BCUT2D eigenvalue weighted by molar-refractivity contribution is 7.13. The summed E-state index contributed by atoms with van der Waals surface area (Å²) >= 11 is 8.10. The summed E-state index contributed by atoms with van der Waals surface area (Å²) in [6.45, 7) is 9.39. The first kappa shape index (κ1) is 26.9. The summed E-state index contributed by atoms with van der Waals surface area (Å²) in [4.78, 5) is 35.4. The number of pyridine rings is 1. The second-order valence-corrected chi connectivity index (χ2v) is 11.4. The van der Waals surface area contributed by atoms with Crippen LogP contribution in [0.5, 0.6) is 11.5 Å². The molecule has 0 spiro atoms. The molecular formula is C26H30ClN3O6S. The molecule has 2 aromatic heterocycles. The number of benzene rings is 1. The Morgan fingerprint density at radius 2 is 1.95 bits per heavy atom. The Bertz CT molecular complexity index is 1340. The lowest BCUT2D eigenvalue weighted by atomic mass is 10.1. The van der Waals surface area contributed by atoms with Crippen molar-refractivity contribution in [3.05, 3.63) is 34.3 Å². The molecule has 1 aromatic carbocycles. The average Bonchev–Trinajstić information content (AvgIpc) is 3.46. The topological polar surface area (TPSA) is 111 Å². The number of carbonyl (C=O) groups is 2. The lowest BCUT2D eigenvalue weighted by Crippen LogP contribution is -2.43. The standard InChI is InChI=1S/C26H30ClN3O6S/c1-13(2)17-12-37-23(29-17)16-10-20(15-7-8-19(34-6)21(27)22(15)28-16)35-14-9-18(24(31)32)30(11-14)25(33)36-26(3,4)5/h7-8,10,12-14,18H,9,11H2,1-6H3,(H,31,32)/t14-,18-/m0/s1. The number of rotatable bonds is 6. The van der Waals surface area contributed by atoms with E-state index >= 15 is 0 Å². The Hall–Kier alpha value is -3.11. The third-order valence-electron chi connectivity index (χ3n) is 5.87. The van der Waals surface area contributed by atoms with E-state index in [4.69, 9.17) is 35.8 Å². The summed E-state index contributed by atoms with van der Waals surface area (Å²) in [7, 11) is 1.53. The number of carboxylic acids is 1. The minimum Gasteiger partial charge on any atom is -0.495 e. The van der Waals surface area contributed by atoms with Gasteiger partial charge in [-0.25, -0.2) is 19.6 Å². The van der Waals surface area contributed by atoms with Crippen LogP contribution in [-0.2, 0) is 9.53 Å². The van der Waals surface area contributed by atoms with Gasteiger partial charge < -0.3 is 19.3 Å². The molecule has 9 nitrogen and oxygen atoms in total. The number of thiazole rings is 1. The number of likely N-dealkylation sites (tertiary alicyclic amines) is 1. The van der Waals surface area contributed by atoms with E-state index in [-0.39, 0.29) is 18.9 Å². The molecule has 0 aliphatic carbocycles. The monoisotopic (exact) mass is 547 g/mol. The molecule has 4 rings (SSSR count). The van der Waals surface area contributed by atoms with Gasteiger partial charge in [0.1, 0.15) is 45.0 Å². The fourth-order valence-corrected chi connectivity index (χ4v) is 5.29. The molecular weight excluding hydrogens is 518 g/mol. The smallest absolute Gasteiger partial charge is 0.411 e. The Kier molecular flexibility index (Phi) is 7.52. The number of aromatic nitrogens is 2. The van der Waals surface area contributed by atoms with Crippen LogP contribution in [0.4, 0.5) is 4.79 Å². The summed E-state index contributed by atoms with van der Waals surface area (Å²) in [5.41, 5.74) is 1.25. The molecule has 37 heavy (non-hydrogen) atoms. The number of ether oxygens (including phenoxy) is 3. The van der Waals surface area contributed by atoms with E-state index in [0.29, 0.717) is 38.1 Å². The number of methoxy groups -OCH3 is 1. The molecule has 1 fully saturated rings. The number of amides is 1. The van der Waals surface area contributed by atoms with Crippen LogP contribution in [0.2, 0.25) is 5.02 Å². The normalized spacial score (nSPS) is 17.9. The van der Waals surface area contributed by atoms with Gasteiger partial charge in [0.2, 0.25) is 0 Å². The van der Waals surface area contributed by atoms with Crippen molar-refractivity contribution in [1.82, 2.24) is 14.9 Å². The van der Waals surface area contributed by atoms with Crippen LogP contribution in [-0.4, -0.2) is 63.4 Å². The molecule has 1 saturated heterocycles. The second kappa shape index (κ2) is 10.3. The number of halogens is 1. The number of nitrogens with zero attached hydrogens (tertiary/aromatic N) is 3. The molecule has 198 valence electrons. The van der Waals surface area contributed by atoms with Crippen LogP contribution in [0.3, 0.4) is 0 Å². The molecule has 0 bridgehead atoms. The van der Waals surface area contributed by atoms with E-state index in [1.807, 2.05) is 5.38 Å². The third-order valence-corrected chi connectivity index (χ3v) is 7.12. The zero-order valence-electron chi connectivity index (χ0n) is 21.6. The van der Waals surface area contributed by atoms with Gasteiger partial charge in [0.15, 0.2) is 0 Å². The molecule has 1 amide bonds. The summed E-state index contributed by atoms with van der Waals surface area (Å²) in [6.07, 6.45) is -1.18. The van der Waals surface area contributed by atoms with Gasteiger partial charge in [0, 0.05) is 23.3 Å². The predicted octanol–water partition coefficient (Wildman–Crippen LogP) is 5.99. The Morgan fingerprint density at radius 3 is 2.54 bits per heavy atom. The number of fused-ring (bicyclic) bond motifs is 1. The van der Waals surface area contributed by atoms with Crippen molar-refractivity contribution in [3.63, 3.8) is 0 Å². The first-order valence-corrected chi connectivity index (χ1v) is 13.2. The maximum Gasteiger partial charge on any atom is 0.411 e. The lowest BCUT2D eigenvalue weighted by molar-refractivity contribution is -0.142. The van der Waals surface area contributed by atoms with E-state index < -0.39 is 29.8 Å². The fourth-order valence-electron chi connectivity index (χ4n) is 4.06. The highest BCUT2D eigenvalue weighted by atomic mass is 35.5. The van der Waals surface area contributed by atoms with Crippen LogP contribution in [0, 0.1) is 0 Å². The maximum absolute atomic E-state index is 12.7. The molecule has 3 aromatic rings. The predicted molar refractivity (Wildman–Crippen MR) is 142 cm³/mol. The minimum absolute atomic E-state index is 0.0592. The van der Waals surface area contributed by atoms with E-state index in [2.05, 4.69) is 13.8 Å². The van der Waals surface area contributed by atoms with E-state index in [9.17, 15) is 14.7 Å². The highest BCUT2D eigenvalue weighted by Crippen LogP contribution is 2.40. The van der Waals surface area contributed by atoms with Gasteiger partial charge in [-0.2, -0.15) is 0 Å². The molecule has 1 aliphatic rings. The average molecular weight is 548 g/mol. The van der Waals surface area contributed by atoms with Crippen molar-refractivity contribution in [2.24, 2.45) is 0 Å². The first-order valence-electron chi connectivity index (χ1n) is 11.9. The fraction of sp³-hybridized carbons (Fsp3) is 0.462. The van der Waals surface area contributed by atoms with Crippen molar-refractivity contribution in [1.29, 1.82) is 0 Å². The zero-order valence-corrected chi connectivity index (χ0v) is 23.1. The van der Waals surface area contributed by atoms with Crippen LogP contribution >= 0.6 is 22.9 Å². The van der Waals surface area contributed by atoms with E-state index in [1.54, 1.807) is 39.0 Å². The molecule has 0 unspecified atom stereocenters. The third kappa shape index (κ3) is 5.75. The van der Waals surface area contributed by atoms with Crippen LogP contribution < -0.4 is 9.47 Å². The SMILES string of the molecule is COc1ccc2c(O[C@H]3C[C@@H](C(=O)O)N(C(=O)OC(C)(C)C)C3)cc(-c3nc(C(C)C)cs3)nc2c1Cl. The van der Waals surface area contributed by atoms with Gasteiger partial charge in [-0.05, 0) is 38.8 Å². The van der Waals surface area contributed by atoms with Gasteiger partial charge in [0.05, 0.1) is 24.9 Å². The molecule has 2 atom stereocenters. The quantitative estimate of drug-likeness (QED) is 0.401. The van der Waals surface area contributed by atoms with E-state index in [1.165, 1.54) is 23.3 Å². The largest absolute Gasteiger partial charge is 0.495 e. The van der Waals surface area contributed by atoms with Gasteiger partial charge in [-0.15, -0.1) is 11.3 Å². The molecule has 0 radical (unpaired) electrons. The summed E-state index contributed by atoms with van der Waals surface area (Å²) < 4.78 is 17.2. The molecule has 3 heterocycles. The van der Waals surface area contributed by atoms with Crippen molar-refractivity contribution in [2.75, 3.05) is 13.7 Å². The number of hydrogen-bond acceptors (Lipinski definition) is 8. The molecule has 1 N–H and O–H groups in total. The Labute approximate surface area is 224 Å². The zero-order chi connectivity index (χ0) is 27.1. The van der Waals surface area contributed by atoms with E-state index in [0.717, 1.165) is 5.69 Å². The van der Waals surface area contributed by atoms with Gasteiger partial charge in [0.25, 0.3) is 0 Å².